The van der Waals surface area contributed by atoms with Crippen LogP contribution in [0.5, 0.6) is 0 Å². The molecule has 7 nitrogen and oxygen atoms in total. The molecule has 1 aromatic carbocycles. The number of nitro groups is 1. The first-order valence-electron chi connectivity index (χ1n) is 6.85. The number of amides is 1. The average molecular weight is 294 g/mol. The van der Waals surface area contributed by atoms with Crippen LogP contribution in [0, 0.1) is 10.1 Å². The summed E-state index contributed by atoms with van der Waals surface area (Å²) in [5.41, 5.74) is 5.65. The molecule has 21 heavy (non-hydrogen) atoms. The van der Waals surface area contributed by atoms with E-state index >= 15 is 0 Å². The molecule has 0 radical (unpaired) electrons. The maximum absolute atomic E-state index is 12.5. The van der Waals surface area contributed by atoms with E-state index in [9.17, 15) is 14.9 Å². The lowest BCUT2D eigenvalue weighted by Crippen LogP contribution is -2.33. The Hall–Kier alpha value is -2.15. The molecule has 0 aliphatic carbocycles. The van der Waals surface area contributed by atoms with E-state index in [4.69, 9.17) is 5.73 Å². The van der Waals surface area contributed by atoms with Gasteiger partial charge in [-0.25, -0.2) is 0 Å². The summed E-state index contributed by atoms with van der Waals surface area (Å²) in [5.74, 6) is -0.266. The summed E-state index contributed by atoms with van der Waals surface area (Å²) in [5, 5.41) is 10.9. The predicted octanol–water partition coefficient (Wildman–Crippen LogP) is 1.59. The first-order chi connectivity index (χ1) is 9.88. The first kappa shape index (κ1) is 16.9. The Kier molecular flexibility index (Phi) is 6.10. The van der Waals surface area contributed by atoms with Crippen LogP contribution in [0.1, 0.15) is 23.7 Å². The number of nitrogens with zero attached hydrogens (tertiary/aromatic N) is 3. The van der Waals surface area contributed by atoms with Gasteiger partial charge in [-0.05, 0) is 40.1 Å². The smallest absolute Gasteiger partial charge is 0.292 e. The van der Waals surface area contributed by atoms with Crippen molar-refractivity contribution in [1.29, 1.82) is 0 Å². The molecular weight excluding hydrogens is 272 g/mol. The van der Waals surface area contributed by atoms with Gasteiger partial charge in [0.15, 0.2) is 0 Å². The number of hydrogen-bond acceptors (Lipinski definition) is 5. The van der Waals surface area contributed by atoms with Gasteiger partial charge >= 0.3 is 0 Å². The molecule has 0 unspecified atom stereocenters. The number of rotatable bonds is 7. The summed E-state index contributed by atoms with van der Waals surface area (Å²) in [4.78, 5) is 26.5. The second-order valence-electron chi connectivity index (χ2n) is 5.04. The minimum absolute atomic E-state index is 0.0708. The molecule has 0 atom stereocenters. The molecule has 0 aliphatic heterocycles. The van der Waals surface area contributed by atoms with Crippen molar-refractivity contribution < 1.29 is 9.72 Å². The summed E-state index contributed by atoms with van der Waals surface area (Å²) >= 11 is 0. The number of nitro benzene ring substituents is 1. The molecule has 1 aromatic rings. The van der Waals surface area contributed by atoms with Crippen LogP contribution in [0.4, 0.5) is 11.4 Å². The fourth-order valence-electron chi connectivity index (χ4n) is 2.05. The van der Waals surface area contributed by atoms with Crippen molar-refractivity contribution >= 4 is 17.3 Å². The molecule has 0 aromatic heterocycles. The zero-order chi connectivity index (χ0) is 16.0. The Labute approximate surface area is 124 Å². The van der Waals surface area contributed by atoms with Crippen LogP contribution in [0.3, 0.4) is 0 Å². The SMILES string of the molecule is CCN(CCCN(C)C)C(=O)c1cccc([N+](=O)[O-])c1N. The fourth-order valence-corrected chi connectivity index (χ4v) is 2.05. The third kappa shape index (κ3) is 4.42. The molecular formula is C14H22N4O3. The summed E-state index contributed by atoms with van der Waals surface area (Å²) in [6.45, 7) is 3.87. The molecule has 0 saturated carbocycles. The van der Waals surface area contributed by atoms with Gasteiger partial charge in [0.2, 0.25) is 0 Å². The topological polar surface area (TPSA) is 92.7 Å². The van der Waals surface area contributed by atoms with Crippen LogP contribution in [-0.2, 0) is 0 Å². The average Bonchev–Trinajstić information content (AvgIpc) is 2.42. The standard InChI is InChI=1S/C14H22N4O3/c1-4-17(10-6-9-16(2)3)14(19)11-7-5-8-12(13(11)15)18(20)21/h5,7-8H,4,6,9-10,15H2,1-3H3. The van der Waals surface area contributed by atoms with E-state index < -0.39 is 4.92 Å². The quantitative estimate of drug-likeness (QED) is 0.468. The highest BCUT2D eigenvalue weighted by atomic mass is 16.6. The van der Waals surface area contributed by atoms with Crippen molar-refractivity contribution in [3.8, 4) is 0 Å². The van der Waals surface area contributed by atoms with Gasteiger partial charge in [-0.1, -0.05) is 6.07 Å². The van der Waals surface area contributed by atoms with Crippen molar-refractivity contribution in [2.45, 2.75) is 13.3 Å². The van der Waals surface area contributed by atoms with Crippen molar-refractivity contribution in [1.82, 2.24) is 9.80 Å². The van der Waals surface area contributed by atoms with Crippen molar-refractivity contribution in [3.05, 3.63) is 33.9 Å². The number of anilines is 1. The second kappa shape index (κ2) is 7.58. The van der Waals surface area contributed by atoms with Crippen LogP contribution in [0.2, 0.25) is 0 Å². The third-order valence-electron chi connectivity index (χ3n) is 3.21. The molecule has 0 bridgehead atoms. The third-order valence-corrected chi connectivity index (χ3v) is 3.21. The molecule has 1 amide bonds. The van der Waals surface area contributed by atoms with Gasteiger partial charge in [-0.15, -0.1) is 0 Å². The van der Waals surface area contributed by atoms with E-state index in [1.54, 1.807) is 4.90 Å². The predicted molar refractivity (Wildman–Crippen MR) is 82.3 cm³/mol. The molecule has 0 fully saturated rings. The zero-order valence-electron chi connectivity index (χ0n) is 12.7. The summed E-state index contributed by atoms with van der Waals surface area (Å²) in [7, 11) is 3.94. The number of nitrogens with two attached hydrogens (primary N) is 1. The van der Waals surface area contributed by atoms with E-state index in [2.05, 4.69) is 0 Å². The van der Waals surface area contributed by atoms with E-state index in [1.807, 2.05) is 25.9 Å². The molecule has 7 heteroatoms. The van der Waals surface area contributed by atoms with Gasteiger partial charge in [-0.2, -0.15) is 0 Å². The molecule has 0 heterocycles. The first-order valence-corrected chi connectivity index (χ1v) is 6.85. The number of benzene rings is 1. The van der Waals surface area contributed by atoms with E-state index in [0.717, 1.165) is 13.0 Å². The van der Waals surface area contributed by atoms with Gasteiger partial charge in [0.25, 0.3) is 11.6 Å². The Morgan fingerprint density at radius 1 is 1.33 bits per heavy atom. The summed E-state index contributed by atoms with van der Waals surface area (Å²) < 4.78 is 0. The molecule has 1 rings (SSSR count). The van der Waals surface area contributed by atoms with Gasteiger partial charge in [0.05, 0.1) is 10.5 Å². The van der Waals surface area contributed by atoms with Gasteiger partial charge in [0.1, 0.15) is 5.69 Å². The maximum Gasteiger partial charge on any atom is 0.292 e. The Morgan fingerprint density at radius 3 is 2.52 bits per heavy atom. The number of nitrogen functional groups attached to an aromatic ring is 1. The molecule has 116 valence electrons. The molecule has 0 spiro atoms. The van der Waals surface area contributed by atoms with Crippen LogP contribution >= 0.6 is 0 Å². The Morgan fingerprint density at radius 2 is 2.00 bits per heavy atom. The zero-order valence-corrected chi connectivity index (χ0v) is 12.7. The van der Waals surface area contributed by atoms with Crippen LogP contribution < -0.4 is 5.73 Å². The van der Waals surface area contributed by atoms with Crippen LogP contribution in [0.15, 0.2) is 18.2 Å². The fraction of sp³-hybridized carbons (Fsp3) is 0.500. The number of carbonyl (C=O) groups is 1. The number of hydrogen-bond donors (Lipinski definition) is 1. The minimum atomic E-state index is -0.575. The van der Waals surface area contributed by atoms with Crippen molar-refractivity contribution in [3.63, 3.8) is 0 Å². The van der Waals surface area contributed by atoms with Crippen molar-refractivity contribution in [2.75, 3.05) is 39.5 Å². The number of carbonyl (C=O) groups excluding carboxylic acids is 1. The lowest BCUT2D eigenvalue weighted by Gasteiger charge is -2.22. The van der Waals surface area contributed by atoms with Crippen LogP contribution in [-0.4, -0.2) is 54.4 Å². The molecule has 0 saturated heterocycles. The highest BCUT2D eigenvalue weighted by molar-refractivity contribution is 6.01. The highest BCUT2D eigenvalue weighted by Crippen LogP contribution is 2.25. The Bertz CT molecular complexity index is 517. The monoisotopic (exact) mass is 294 g/mol. The van der Waals surface area contributed by atoms with Gasteiger partial charge < -0.3 is 15.5 Å². The van der Waals surface area contributed by atoms with Crippen molar-refractivity contribution in [2.24, 2.45) is 0 Å². The normalized spacial score (nSPS) is 10.7. The molecule has 0 aliphatic rings. The highest BCUT2D eigenvalue weighted by Gasteiger charge is 2.22. The minimum Gasteiger partial charge on any atom is -0.393 e. The van der Waals surface area contributed by atoms with Gasteiger partial charge in [0, 0.05) is 19.2 Å². The Balaban J connectivity index is 2.90. The van der Waals surface area contributed by atoms with Gasteiger partial charge in [-0.3, -0.25) is 14.9 Å². The lowest BCUT2D eigenvalue weighted by molar-refractivity contribution is -0.383. The summed E-state index contributed by atoms with van der Waals surface area (Å²) in [6.07, 6.45) is 0.835. The van der Waals surface area contributed by atoms with E-state index in [0.29, 0.717) is 13.1 Å². The maximum atomic E-state index is 12.5. The number of para-hydroxylation sites is 1. The largest absolute Gasteiger partial charge is 0.393 e. The summed E-state index contributed by atoms with van der Waals surface area (Å²) in [6, 6.07) is 4.31. The van der Waals surface area contributed by atoms with Crippen LogP contribution in [0.25, 0.3) is 0 Å². The second-order valence-corrected chi connectivity index (χ2v) is 5.04. The van der Waals surface area contributed by atoms with E-state index in [1.165, 1.54) is 18.2 Å². The molecule has 2 N–H and O–H groups in total. The van der Waals surface area contributed by atoms with E-state index in [-0.39, 0.29) is 22.8 Å². The lowest BCUT2D eigenvalue weighted by atomic mass is 10.1.